The molecule has 24 heteroatoms. The molecule has 0 radical (unpaired) electrons. The van der Waals surface area contributed by atoms with E-state index >= 15 is 0 Å². The second-order valence-electron chi connectivity index (χ2n) is 25.8. The maximum absolute atomic E-state index is 14.8. The van der Waals surface area contributed by atoms with Gasteiger partial charge in [-0.3, -0.25) is 52.7 Å². The third-order valence-electron chi connectivity index (χ3n) is 12.6. The summed E-state index contributed by atoms with van der Waals surface area (Å²) in [5.74, 6) is -12.0. The van der Waals surface area contributed by atoms with Crippen molar-refractivity contribution in [1.82, 2.24) is 37.2 Å². The summed E-state index contributed by atoms with van der Waals surface area (Å²) in [6.07, 6.45) is -9.08. The van der Waals surface area contributed by atoms with Crippen molar-refractivity contribution in [2.75, 3.05) is 0 Å². The topological polar surface area (TPSA) is 300 Å². The predicted molar refractivity (Wildman–Crippen MR) is 314 cm³/mol. The highest BCUT2D eigenvalue weighted by Crippen LogP contribution is 2.25. The Hall–Kier alpha value is -7.40. The first-order valence-corrected chi connectivity index (χ1v) is 28.9. The Kier molecular flexibility index (Phi) is 28.6. The molecule has 86 heavy (non-hydrogen) atoms. The van der Waals surface area contributed by atoms with Crippen LogP contribution in [0.1, 0.15) is 184 Å². The lowest BCUT2D eigenvalue weighted by Gasteiger charge is -2.34. The zero-order chi connectivity index (χ0) is 65.7. The Morgan fingerprint density at radius 3 is 1.50 bits per heavy atom. The van der Waals surface area contributed by atoms with Crippen molar-refractivity contribution in [2.45, 2.75) is 240 Å². The molecular formula is C62H92F3N7O14. The number of rotatable bonds is 30. The van der Waals surface area contributed by atoms with Crippen LogP contribution in [0.4, 0.5) is 13.2 Å². The molecule has 2 aromatic carbocycles. The molecule has 2 rings (SSSR count). The number of aryl methyl sites for hydroxylation is 1. The van der Waals surface area contributed by atoms with Gasteiger partial charge in [-0.05, 0) is 117 Å². The Bertz CT molecular complexity index is 2670. The van der Waals surface area contributed by atoms with E-state index in [1.165, 1.54) is 0 Å². The lowest BCUT2D eigenvalue weighted by atomic mass is 9.85. The predicted octanol–water partition coefficient (Wildman–Crippen LogP) is 6.69. The summed E-state index contributed by atoms with van der Waals surface area (Å²) in [7, 11) is 0. The molecule has 2 aromatic rings. The SMILES string of the molecule is CCC[C@H](NC(=O)C(=O)C(CC(F)(F)F)NC(=O)[C@H](CC(C)C)NC(=O)[C@@H](NC(=O)[C@H](Cc1ccccc1C)NC(=O)[C@H](CCC(=O)OC(C)(C)C)NC(=O)[C@H](CC(=O)OC(C)(C)C)NC(=O)CCC(=O)OC(C)(C)C)C(C)(C)C)c1ccccc1. The molecular weight excluding hydrogens is 1120 g/mol. The molecule has 0 heterocycles. The second-order valence-corrected chi connectivity index (χ2v) is 25.8. The highest BCUT2D eigenvalue weighted by Gasteiger charge is 2.42. The van der Waals surface area contributed by atoms with Crippen molar-refractivity contribution in [1.29, 1.82) is 0 Å². The van der Waals surface area contributed by atoms with Gasteiger partial charge in [0.2, 0.25) is 41.2 Å². The van der Waals surface area contributed by atoms with Gasteiger partial charge in [0.05, 0.1) is 25.3 Å². The van der Waals surface area contributed by atoms with Crippen LogP contribution in [0.25, 0.3) is 0 Å². The summed E-state index contributed by atoms with van der Waals surface area (Å²) in [6, 6.07) is 3.96. The number of alkyl halides is 3. The number of nitrogens with one attached hydrogen (secondary N) is 7. The first-order chi connectivity index (χ1) is 39.5. The van der Waals surface area contributed by atoms with Crippen LogP contribution in [0.5, 0.6) is 0 Å². The molecule has 21 nitrogen and oxygen atoms in total. The molecule has 0 saturated heterocycles. The quantitative estimate of drug-likeness (QED) is 0.0244. The monoisotopic (exact) mass is 1220 g/mol. The van der Waals surface area contributed by atoms with E-state index in [0.29, 0.717) is 29.5 Å². The minimum Gasteiger partial charge on any atom is -0.460 e. The summed E-state index contributed by atoms with van der Waals surface area (Å²) in [6.45, 7) is 26.0. The number of ether oxygens (including phenoxy) is 3. The fourth-order valence-corrected chi connectivity index (χ4v) is 8.64. The molecule has 0 spiro atoms. The Labute approximate surface area is 503 Å². The fourth-order valence-electron chi connectivity index (χ4n) is 8.64. The summed E-state index contributed by atoms with van der Waals surface area (Å²) < 4.78 is 58.6. The number of esters is 3. The standard InChI is InChI=1S/C62H92F3N7O14/c1-17-23-40(38-25-19-18-20-26-38)67-56(82)50(77)45(35-62(63,64)65)71-53(79)42(32-36(2)3)70-57(83)51(58(5,6)7)72-55(81)43(33-39-27-22-21-24-37(39)4)69-52(78)41(28-30-47(74)84-59(8,9)10)68-54(80)44(34-49(76)86-61(14,15)16)66-46(73)29-31-48(75)85-60(11,12)13/h18-22,24-27,36,40-45,51H,17,23,28-35H2,1-16H3,(H,66,73)(H,67,82)(H,68,80)(H,69,78)(H,70,83)(H,71,79)(H,72,81)/t40-,41-,42-,43-,44-,45?,51+/m0/s1. The molecule has 7 atom stereocenters. The largest absolute Gasteiger partial charge is 0.460 e. The van der Waals surface area contributed by atoms with E-state index < -0.39 is 180 Å². The average molecular weight is 1220 g/mol. The van der Waals surface area contributed by atoms with E-state index in [4.69, 9.17) is 14.2 Å². The van der Waals surface area contributed by atoms with Gasteiger partial charge < -0.3 is 51.4 Å². The number of ketones is 1. The normalized spacial score (nSPS) is 14.5. The van der Waals surface area contributed by atoms with Crippen LogP contribution >= 0.6 is 0 Å². The van der Waals surface area contributed by atoms with Crippen LogP contribution in [0.3, 0.4) is 0 Å². The summed E-state index contributed by atoms with van der Waals surface area (Å²) >= 11 is 0. The second kappa shape index (κ2) is 32.9. The van der Waals surface area contributed by atoms with Crippen LogP contribution in [0.2, 0.25) is 0 Å². The zero-order valence-electron chi connectivity index (χ0n) is 52.7. The van der Waals surface area contributed by atoms with Crippen molar-refractivity contribution in [3.05, 3.63) is 71.3 Å². The number of halogens is 3. The van der Waals surface area contributed by atoms with Crippen LogP contribution in [-0.4, -0.2) is 124 Å². The Morgan fingerprint density at radius 2 is 0.977 bits per heavy atom. The summed E-state index contributed by atoms with van der Waals surface area (Å²) in [5.41, 5.74) is -2.28. The third kappa shape index (κ3) is 29.1. The maximum Gasteiger partial charge on any atom is 0.391 e. The van der Waals surface area contributed by atoms with Gasteiger partial charge >= 0.3 is 24.1 Å². The van der Waals surface area contributed by atoms with Crippen LogP contribution in [-0.2, 0) is 73.4 Å². The Balaban J connectivity index is 2.64. The van der Waals surface area contributed by atoms with Gasteiger partial charge in [-0.15, -0.1) is 0 Å². The van der Waals surface area contributed by atoms with Gasteiger partial charge in [0.25, 0.3) is 5.91 Å². The molecule has 0 fully saturated rings. The van der Waals surface area contributed by atoms with E-state index in [2.05, 4.69) is 37.2 Å². The molecule has 7 N–H and O–H groups in total. The maximum atomic E-state index is 14.8. The number of amides is 7. The number of benzene rings is 2. The van der Waals surface area contributed by atoms with Crippen molar-refractivity contribution in [3.63, 3.8) is 0 Å². The molecule has 0 saturated carbocycles. The van der Waals surface area contributed by atoms with Gasteiger partial charge in [-0.2, -0.15) is 13.2 Å². The van der Waals surface area contributed by atoms with E-state index in [1.807, 2.05) is 6.92 Å². The van der Waals surface area contributed by atoms with E-state index in [-0.39, 0.29) is 12.8 Å². The van der Waals surface area contributed by atoms with Gasteiger partial charge in [0.1, 0.15) is 53.1 Å². The van der Waals surface area contributed by atoms with Crippen molar-refractivity contribution >= 4 is 65.0 Å². The number of Topliss-reactive ketones (excluding diaryl/α,β-unsaturated/α-hetero) is 1. The molecule has 480 valence electrons. The lowest BCUT2D eigenvalue weighted by molar-refractivity contribution is -0.158. The van der Waals surface area contributed by atoms with Gasteiger partial charge in [-0.1, -0.05) is 103 Å². The highest BCUT2D eigenvalue weighted by molar-refractivity contribution is 6.38. The van der Waals surface area contributed by atoms with Gasteiger partial charge in [0.15, 0.2) is 0 Å². The smallest absolute Gasteiger partial charge is 0.391 e. The lowest BCUT2D eigenvalue weighted by Crippen LogP contribution is -2.62. The third-order valence-corrected chi connectivity index (χ3v) is 12.6. The fraction of sp³-hybridized carbons (Fsp3) is 0.629. The Morgan fingerprint density at radius 1 is 0.500 bits per heavy atom. The van der Waals surface area contributed by atoms with Crippen molar-refractivity contribution in [2.24, 2.45) is 11.3 Å². The number of hydrogen-bond donors (Lipinski definition) is 7. The van der Waals surface area contributed by atoms with Gasteiger partial charge in [-0.25, -0.2) is 0 Å². The van der Waals surface area contributed by atoms with Crippen LogP contribution < -0.4 is 37.2 Å². The minimum absolute atomic E-state index is 0.190. The molecule has 0 aliphatic heterocycles. The van der Waals surface area contributed by atoms with Crippen molar-refractivity contribution in [3.8, 4) is 0 Å². The number of carbonyl (C=O) groups is 11. The molecule has 0 aromatic heterocycles. The minimum atomic E-state index is -5.05. The average Bonchev–Trinajstić information content (AvgIpc) is 3.07. The molecule has 0 bridgehead atoms. The molecule has 7 amide bonds. The molecule has 1 unspecified atom stereocenters. The van der Waals surface area contributed by atoms with E-state index in [1.54, 1.807) is 158 Å². The van der Waals surface area contributed by atoms with Gasteiger partial charge in [0, 0.05) is 19.3 Å². The summed E-state index contributed by atoms with van der Waals surface area (Å²) in [4.78, 5) is 152. The molecule has 0 aliphatic rings. The number of hydrogen-bond acceptors (Lipinski definition) is 14. The van der Waals surface area contributed by atoms with Crippen LogP contribution in [0.15, 0.2) is 54.6 Å². The zero-order valence-corrected chi connectivity index (χ0v) is 52.7. The van der Waals surface area contributed by atoms with E-state index in [0.717, 1.165) is 0 Å². The van der Waals surface area contributed by atoms with E-state index in [9.17, 15) is 65.9 Å². The van der Waals surface area contributed by atoms with Crippen LogP contribution in [0, 0.1) is 18.3 Å². The first kappa shape index (κ1) is 74.7. The van der Waals surface area contributed by atoms with Crippen molar-refractivity contribution < 1.29 is 80.1 Å². The highest BCUT2D eigenvalue weighted by atomic mass is 19.4. The summed E-state index contributed by atoms with van der Waals surface area (Å²) in [5, 5.41) is 17.3. The molecule has 0 aliphatic carbocycles. The first-order valence-electron chi connectivity index (χ1n) is 28.9. The number of carbonyl (C=O) groups excluding carboxylic acids is 11.